The lowest BCUT2D eigenvalue weighted by Crippen LogP contribution is -3.11. The molecule has 2 rings (SSSR count). The van der Waals surface area contributed by atoms with E-state index in [1.54, 1.807) is 4.57 Å². The van der Waals surface area contributed by atoms with Crippen LogP contribution >= 0.6 is 11.8 Å². The average Bonchev–Trinajstić information content (AvgIpc) is 2.65. The molecule has 0 radical (unpaired) electrons. The summed E-state index contributed by atoms with van der Waals surface area (Å²) in [6, 6.07) is 9.72. The van der Waals surface area contributed by atoms with E-state index in [2.05, 4.69) is 19.9 Å². The Bertz CT molecular complexity index is 792. The molecule has 0 aliphatic carbocycles. The van der Waals surface area contributed by atoms with Gasteiger partial charge >= 0.3 is 0 Å². The zero-order valence-corrected chi connectivity index (χ0v) is 16.1. The number of nitrogens with zero attached hydrogens (tertiary/aromatic N) is 3. The van der Waals surface area contributed by atoms with Gasteiger partial charge in [0.05, 0.1) is 42.5 Å². The highest BCUT2D eigenvalue weighted by molar-refractivity contribution is 7.99. The van der Waals surface area contributed by atoms with Crippen molar-refractivity contribution in [3.8, 4) is 6.07 Å². The number of benzene rings is 1. The van der Waals surface area contributed by atoms with Gasteiger partial charge in [0.25, 0.3) is 5.56 Å². The molecule has 0 fully saturated rings. The minimum atomic E-state index is -0.0676. The number of rotatable bonds is 9. The van der Waals surface area contributed by atoms with E-state index in [9.17, 15) is 4.79 Å². The second-order valence-electron chi connectivity index (χ2n) is 6.27. The van der Waals surface area contributed by atoms with Crippen molar-refractivity contribution in [2.75, 3.05) is 25.4 Å². The summed E-state index contributed by atoms with van der Waals surface area (Å²) in [5.41, 5.74) is 0.748. The van der Waals surface area contributed by atoms with Gasteiger partial charge in [-0.15, -0.1) is 0 Å². The Labute approximate surface area is 153 Å². The quantitative estimate of drug-likeness (QED) is 0.549. The van der Waals surface area contributed by atoms with Crippen molar-refractivity contribution in [2.45, 2.75) is 38.9 Å². The molecule has 0 saturated heterocycles. The van der Waals surface area contributed by atoms with Crippen molar-refractivity contribution in [2.24, 2.45) is 5.92 Å². The molecular weight excluding hydrogens is 332 g/mol. The molecule has 0 spiro atoms. The van der Waals surface area contributed by atoms with Crippen molar-refractivity contribution in [1.82, 2.24) is 9.55 Å². The highest BCUT2D eigenvalue weighted by Crippen LogP contribution is 2.20. The number of para-hydroxylation sites is 1. The van der Waals surface area contributed by atoms with Crippen LogP contribution in [0.4, 0.5) is 0 Å². The second kappa shape index (κ2) is 9.59. The third-order valence-electron chi connectivity index (χ3n) is 4.42. The first-order valence-corrected chi connectivity index (χ1v) is 9.94. The van der Waals surface area contributed by atoms with E-state index in [-0.39, 0.29) is 11.5 Å². The molecule has 134 valence electrons. The van der Waals surface area contributed by atoms with Crippen LogP contribution in [0, 0.1) is 17.2 Å². The largest absolute Gasteiger partial charge is 0.335 e. The van der Waals surface area contributed by atoms with Crippen molar-refractivity contribution >= 4 is 22.7 Å². The maximum absolute atomic E-state index is 12.9. The fourth-order valence-corrected chi connectivity index (χ4v) is 3.75. The number of aromatic nitrogens is 2. The van der Waals surface area contributed by atoms with Gasteiger partial charge in [-0.05, 0) is 32.9 Å². The van der Waals surface area contributed by atoms with Gasteiger partial charge in [-0.1, -0.05) is 23.9 Å². The Morgan fingerprint density at radius 2 is 2.04 bits per heavy atom. The minimum absolute atomic E-state index is 0.0206. The van der Waals surface area contributed by atoms with E-state index < -0.39 is 0 Å². The fourth-order valence-electron chi connectivity index (χ4n) is 2.78. The molecule has 1 heterocycles. The van der Waals surface area contributed by atoms with E-state index in [1.807, 2.05) is 31.2 Å². The summed E-state index contributed by atoms with van der Waals surface area (Å²) in [5.74, 6) is 0.574. The van der Waals surface area contributed by atoms with E-state index >= 15 is 0 Å². The summed E-state index contributed by atoms with van der Waals surface area (Å²) in [4.78, 5) is 19.1. The molecule has 0 amide bonds. The molecule has 6 heteroatoms. The summed E-state index contributed by atoms with van der Waals surface area (Å²) in [5, 5.41) is 10.4. The fraction of sp³-hybridized carbons (Fsp3) is 0.526. The maximum atomic E-state index is 12.9. The lowest BCUT2D eigenvalue weighted by Gasteiger charge is -2.17. The van der Waals surface area contributed by atoms with Crippen LogP contribution in [0.25, 0.3) is 10.9 Å². The van der Waals surface area contributed by atoms with Crippen LogP contribution in [0.15, 0.2) is 34.2 Å². The van der Waals surface area contributed by atoms with Gasteiger partial charge in [0.15, 0.2) is 5.16 Å². The van der Waals surface area contributed by atoms with E-state index in [1.165, 1.54) is 16.7 Å². The zero-order chi connectivity index (χ0) is 18.2. The SMILES string of the molecule is CC[NH+](CC)CCCn1c(SC[C@H](C)C#N)nc2ccccc2c1=O. The van der Waals surface area contributed by atoms with Gasteiger partial charge < -0.3 is 4.90 Å². The molecule has 1 aromatic carbocycles. The smallest absolute Gasteiger partial charge is 0.262 e. The summed E-state index contributed by atoms with van der Waals surface area (Å²) in [6.45, 7) is 10.2. The van der Waals surface area contributed by atoms with E-state index in [4.69, 9.17) is 10.2 Å². The van der Waals surface area contributed by atoms with Gasteiger partial charge in [-0.25, -0.2) is 4.98 Å². The van der Waals surface area contributed by atoms with Gasteiger partial charge in [0, 0.05) is 18.7 Å². The Kier molecular flexibility index (Phi) is 7.48. The van der Waals surface area contributed by atoms with Crippen molar-refractivity contribution in [3.63, 3.8) is 0 Å². The van der Waals surface area contributed by atoms with Gasteiger partial charge in [-0.3, -0.25) is 9.36 Å². The van der Waals surface area contributed by atoms with Crippen LogP contribution in [0.3, 0.4) is 0 Å². The molecule has 0 unspecified atom stereocenters. The predicted molar refractivity (Wildman–Crippen MR) is 103 cm³/mol. The Hall–Kier alpha value is -1.84. The van der Waals surface area contributed by atoms with Gasteiger partial charge in [-0.2, -0.15) is 5.26 Å². The van der Waals surface area contributed by atoms with E-state index in [0.717, 1.165) is 36.7 Å². The van der Waals surface area contributed by atoms with Crippen LogP contribution < -0.4 is 10.5 Å². The average molecular weight is 360 g/mol. The molecule has 1 N–H and O–H groups in total. The highest BCUT2D eigenvalue weighted by atomic mass is 32.2. The highest BCUT2D eigenvalue weighted by Gasteiger charge is 2.13. The first-order valence-electron chi connectivity index (χ1n) is 8.96. The Morgan fingerprint density at radius 1 is 1.32 bits per heavy atom. The summed E-state index contributed by atoms with van der Waals surface area (Å²) in [7, 11) is 0. The van der Waals surface area contributed by atoms with Crippen LogP contribution in [0.2, 0.25) is 0 Å². The molecule has 0 aliphatic rings. The number of thioether (sulfide) groups is 1. The van der Waals surface area contributed by atoms with Gasteiger partial charge in [0.2, 0.25) is 0 Å². The van der Waals surface area contributed by atoms with E-state index in [0.29, 0.717) is 17.7 Å². The number of hydrogen-bond acceptors (Lipinski definition) is 4. The molecule has 1 aromatic heterocycles. The number of fused-ring (bicyclic) bond motifs is 1. The lowest BCUT2D eigenvalue weighted by atomic mass is 10.2. The molecule has 25 heavy (non-hydrogen) atoms. The number of nitrogens with one attached hydrogen (secondary N) is 1. The summed E-state index contributed by atoms with van der Waals surface area (Å²) in [6.07, 6.45) is 0.943. The minimum Gasteiger partial charge on any atom is -0.335 e. The number of hydrogen-bond donors (Lipinski definition) is 1. The topological polar surface area (TPSA) is 63.1 Å². The summed E-state index contributed by atoms with van der Waals surface area (Å²) >= 11 is 1.50. The predicted octanol–water partition coefficient (Wildman–Crippen LogP) is 1.96. The molecule has 2 aromatic rings. The third-order valence-corrected chi connectivity index (χ3v) is 5.66. The monoisotopic (exact) mass is 359 g/mol. The first-order chi connectivity index (χ1) is 12.1. The lowest BCUT2D eigenvalue weighted by molar-refractivity contribution is -0.896. The first kappa shape index (κ1) is 19.5. The Balaban J connectivity index is 2.28. The zero-order valence-electron chi connectivity index (χ0n) is 15.3. The Morgan fingerprint density at radius 3 is 2.72 bits per heavy atom. The second-order valence-corrected chi connectivity index (χ2v) is 7.26. The third kappa shape index (κ3) is 5.07. The molecule has 0 aliphatic heterocycles. The number of quaternary nitrogens is 1. The normalized spacial score (nSPS) is 12.4. The van der Waals surface area contributed by atoms with Crippen LogP contribution in [0.1, 0.15) is 27.2 Å². The van der Waals surface area contributed by atoms with Crippen molar-refractivity contribution < 1.29 is 4.90 Å². The standard InChI is InChI=1S/C19H26N4OS/c1-4-22(5-2)11-8-12-23-18(24)16-9-6-7-10-17(16)21-19(23)25-14-15(3)13-20/h6-7,9-10,15H,4-5,8,11-12,14H2,1-3H3/p+1/t15-/m1/s1. The molecule has 1 atom stereocenters. The van der Waals surface area contributed by atoms with Crippen molar-refractivity contribution in [1.29, 1.82) is 5.26 Å². The van der Waals surface area contributed by atoms with Crippen LogP contribution in [-0.2, 0) is 6.54 Å². The molecule has 5 nitrogen and oxygen atoms in total. The molecule has 0 bridgehead atoms. The molecular formula is C19H27N4OS+. The van der Waals surface area contributed by atoms with Crippen molar-refractivity contribution in [3.05, 3.63) is 34.6 Å². The van der Waals surface area contributed by atoms with Gasteiger partial charge in [0.1, 0.15) is 0 Å². The molecule has 0 saturated carbocycles. The maximum Gasteiger partial charge on any atom is 0.262 e. The summed E-state index contributed by atoms with van der Waals surface area (Å²) < 4.78 is 1.79. The van der Waals surface area contributed by atoms with Crippen LogP contribution in [0.5, 0.6) is 0 Å². The number of nitriles is 1. The van der Waals surface area contributed by atoms with Crippen LogP contribution in [-0.4, -0.2) is 34.9 Å².